The third kappa shape index (κ3) is 4.08. The minimum atomic E-state index is -1.06. The lowest BCUT2D eigenvalue weighted by atomic mass is 10.2. The number of methoxy groups -OCH3 is 1. The molecule has 1 heterocycles. The van der Waals surface area contributed by atoms with E-state index in [1.165, 1.54) is 6.07 Å². The van der Waals surface area contributed by atoms with Crippen LogP contribution in [0, 0.1) is 11.6 Å². The smallest absolute Gasteiger partial charge is 0.251 e. The van der Waals surface area contributed by atoms with Crippen molar-refractivity contribution in [3.8, 4) is 0 Å². The maximum atomic E-state index is 13.1. The van der Waals surface area contributed by atoms with Gasteiger partial charge >= 0.3 is 0 Å². The van der Waals surface area contributed by atoms with Crippen LogP contribution in [0.5, 0.6) is 0 Å². The van der Waals surface area contributed by atoms with Gasteiger partial charge in [0.1, 0.15) is 6.33 Å². The summed E-state index contributed by atoms with van der Waals surface area (Å²) >= 11 is 0. The Bertz CT molecular complexity index is 646. The number of rotatable bonds is 7. The Kier molecular flexibility index (Phi) is 5.54. The molecule has 0 saturated carbocycles. The summed E-state index contributed by atoms with van der Waals surface area (Å²) < 4.78 is 32.7. The number of aromatic nitrogens is 3. The first-order chi connectivity index (χ1) is 10.6. The molecule has 0 unspecified atom stereocenters. The second kappa shape index (κ2) is 7.60. The molecule has 1 aromatic carbocycles. The van der Waals surface area contributed by atoms with Gasteiger partial charge in [0.2, 0.25) is 0 Å². The van der Waals surface area contributed by atoms with Crippen LogP contribution in [-0.4, -0.2) is 34.4 Å². The number of carbonyl (C=O) groups excluding carboxylic acids is 1. The molecule has 0 fully saturated rings. The van der Waals surface area contributed by atoms with Crippen LogP contribution in [0.1, 0.15) is 22.6 Å². The standard InChI is InChI=1S/C14H16F2N4O2/c1-22-6-2-5-20-9-18-19-13(20)8-17-14(21)10-3-4-11(15)12(16)7-10/h3-4,7,9H,2,5-6,8H2,1H3,(H,17,21). The lowest BCUT2D eigenvalue weighted by Gasteiger charge is -2.08. The molecule has 2 rings (SSSR count). The molecule has 6 nitrogen and oxygen atoms in total. The van der Waals surface area contributed by atoms with Gasteiger partial charge in [-0.1, -0.05) is 0 Å². The Morgan fingerprint density at radius 2 is 2.18 bits per heavy atom. The highest BCUT2D eigenvalue weighted by atomic mass is 19.2. The highest BCUT2D eigenvalue weighted by molar-refractivity contribution is 5.94. The SMILES string of the molecule is COCCCn1cnnc1CNC(=O)c1ccc(F)c(F)c1. The van der Waals surface area contributed by atoms with Gasteiger partial charge in [0, 0.05) is 25.8 Å². The van der Waals surface area contributed by atoms with E-state index in [9.17, 15) is 13.6 Å². The van der Waals surface area contributed by atoms with Crippen LogP contribution in [0.25, 0.3) is 0 Å². The van der Waals surface area contributed by atoms with Gasteiger partial charge in [0.25, 0.3) is 5.91 Å². The molecule has 118 valence electrons. The fraction of sp³-hybridized carbons (Fsp3) is 0.357. The first kappa shape index (κ1) is 16.0. The van der Waals surface area contributed by atoms with E-state index in [-0.39, 0.29) is 12.1 Å². The molecule has 0 bridgehead atoms. The van der Waals surface area contributed by atoms with E-state index in [4.69, 9.17) is 4.74 Å². The predicted octanol–water partition coefficient (Wildman–Crippen LogP) is 1.52. The second-order valence-electron chi connectivity index (χ2n) is 4.60. The molecule has 0 aliphatic heterocycles. The van der Waals surface area contributed by atoms with Crippen molar-refractivity contribution >= 4 is 5.91 Å². The molecule has 1 aromatic heterocycles. The van der Waals surface area contributed by atoms with Crippen molar-refractivity contribution in [3.63, 3.8) is 0 Å². The van der Waals surface area contributed by atoms with E-state index in [2.05, 4.69) is 15.5 Å². The number of ether oxygens (including phenoxy) is 1. The second-order valence-corrected chi connectivity index (χ2v) is 4.60. The average Bonchev–Trinajstić information content (AvgIpc) is 2.95. The molecule has 0 radical (unpaired) electrons. The highest BCUT2D eigenvalue weighted by Gasteiger charge is 2.11. The lowest BCUT2D eigenvalue weighted by Crippen LogP contribution is -2.25. The number of aryl methyl sites for hydroxylation is 1. The van der Waals surface area contributed by atoms with Crippen molar-refractivity contribution in [1.29, 1.82) is 0 Å². The summed E-state index contributed by atoms with van der Waals surface area (Å²) in [6, 6.07) is 2.99. The zero-order valence-corrected chi connectivity index (χ0v) is 12.1. The number of halogens is 2. The van der Waals surface area contributed by atoms with E-state index >= 15 is 0 Å². The first-order valence-electron chi connectivity index (χ1n) is 6.70. The number of benzene rings is 1. The predicted molar refractivity (Wildman–Crippen MR) is 74.0 cm³/mol. The molecule has 1 amide bonds. The molecule has 0 atom stereocenters. The monoisotopic (exact) mass is 310 g/mol. The van der Waals surface area contributed by atoms with Gasteiger partial charge in [-0.05, 0) is 24.6 Å². The third-order valence-corrected chi connectivity index (χ3v) is 3.03. The molecule has 0 aliphatic carbocycles. The fourth-order valence-corrected chi connectivity index (χ4v) is 1.88. The maximum absolute atomic E-state index is 13.1. The van der Waals surface area contributed by atoms with Crippen LogP contribution in [-0.2, 0) is 17.8 Å². The van der Waals surface area contributed by atoms with Crippen LogP contribution < -0.4 is 5.32 Å². The Morgan fingerprint density at radius 1 is 1.36 bits per heavy atom. The van der Waals surface area contributed by atoms with E-state index in [1.54, 1.807) is 18.0 Å². The molecule has 8 heteroatoms. The lowest BCUT2D eigenvalue weighted by molar-refractivity contribution is 0.0948. The van der Waals surface area contributed by atoms with Gasteiger partial charge in [-0.15, -0.1) is 10.2 Å². The van der Waals surface area contributed by atoms with Crippen molar-refractivity contribution < 1.29 is 18.3 Å². The summed E-state index contributed by atoms with van der Waals surface area (Å²) in [6.07, 6.45) is 2.35. The van der Waals surface area contributed by atoms with E-state index < -0.39 is 17.5 Å². The minimum absolute atomic E-state index is 0.0457. The quantitative estimate of drug-likeness (QED) is 0.787. The van der Waals surface area contributed by atoms with Gasteiger partial charge in [-0.3, -0.25) is 4.79 Å². The summed E-state index contributed by atoms with van der Waals surface area (Å²) in [6.45, 7) is 1.42. The number of hydrogen-bond donors (Lipinski definition) is 1. The van der Waals surface area contributed by atoms with Crippen LogP contribution in [0.2, 0.25) is 0 Å². The summed E-state index contributed by atoms with van der Waals surface area (Å²) in [5.74, 6) is -1.98. The zero-order chi connectivity index (χ0) is 15.9. The molecule has 2 aromatic rings. The average molecular weight is 310 g/mol. The van der Waals surface area contributed by atoms with Crippen LogP contribution in [0.15, 0.2) is 24.5 Å². The summed E-state index contributed by atoms with van der Waals surface area (Å²) in [4.78, 5) is 11.9. The molecule has 0 aliphatic rings. The van der Waals surface area contributed by atoms with Crippen molar-refractivity contribution in [3.05, 3.63) is 47.5 Å². The van der Waals surface area contributed by atoms with Crippen LogP contribution in [0.4, 0.5) is 8.78 Å². The number of carbonyl (C=O) groups is 1. The molecule has 0 saturated heterocycles. The van der Waals surface area contributed by atoms with Gasteiger partial charge in [-0.25, -0.2) is 8.78 Å². The summed E-state index contributed by atoms with van der Waals surface area (Å²) in [5.41, 5.74) is 0.0457. The third-order valence-electron chi connectivity index (χ3n) is 3.03. The van der Waals surface area contributed by atoms with Gasteiger partial charge < -0.3 is 14.6 Å². The van der Waals surface area contributed by atoms with E-state index in [0.717, 1.165) is 18.6 Å². The molecular weight excluding hydrogens is 294 g/mol. The fourth-order valence-electron chi connectivity index (χ4n) is 1.88. The molecule has 0 spiro atoms. The number of amides is 1. The van der Waals surface area contributed by atoms with Crippen molar-refractivity contribution in [2.75, 3.05) is 13.7 Å². The summed E-state index contributed by atoms with van der Waals surface area (Å²) in [7, 11) is 1.62. The summed E-state index contributed by atoms with van der Waals surface area (Å²) in [5, 5.41) is 10.3. The van der Waals surface area contributed by atoms with Crippen LogP contribution in [0.3, 0.4) is 0 Å². The molecule has 1 N–H and O–H groups in total. The van der Waals surface area contributed by atoms with Crippen molar-refractivity contribution in [2.24, 2.45) is 0 Å². The Labute approximate surface area is 126 Å². The largest absolute Gasteiger partial charge is 0.385 e. The number of nitrogens with zero attached hydrogens (tertiary/aromatic N) is 3. The zero-order valence-electron chi connectivity index (χ0n) is 12.1. The molecule has 22 heavy (non-hydrogen) atoms. The van der Waals surface area contributed by atoms with Crippen molar-refractivity contribution in [1.82, 2.24) is 20.1 Å². The minimum Gasteiger partial charge on any atom is -0.385 e. The first-order valence-corrected chi connectivity index (χ1v) is 6.70. The Hall–Kier alpha value is -2.35. The number of hydrogen-bond acceptors (Lipinski definition) is 4. The normalized spacial score (nSPS) is 10.7. The van der Waals surface area contributed by atoms with Gasteiger partial charge in [0.15, 0.2) is 17.5 Å². The highest BCUT2D eigenvalue weighted by Crippen LogP contribution is 2.08. The molecular formula is C14H16F2N4O2. The number of nitrogens with one attached hydrogen (secondary N) is 1. The van der Waals surface area contributed by atoms with E-state index in [1.807, 2.05) is 0 Å². The Morgan fingerprint density at radius 3 is 2.91 bits per heavy atom. The van der Waals surface area contributed by atoms with Crippen LogP contribution >= 0.6 is 0 Å². The van der Waals surface area contributed by atoms with E-state index in [0.29, 0.717) is 19.0 Å². The topological polar surface area (TPSA) is 69.0 Å². The van der Waals surface area contributed by atoms with Crippen molar-refractivity contribution in [2.45, 2.75) is 19.5 Å². The maximum Gasteiger partial charge on any atom is 0.251 e. The van der Waals surface area contributed by atoms with Gasteiger partial charge in [-0.2, -0.15) is 0 Å². The van der Waals surface area contributed by atoms with Gasteiger partial charge in [0.05, 0.1) is 6.54 Å². The Balaban J connectivity index is 1.93.